The summed E-state index contributed by atoms with van der Waals surface area (Å²) < 4.78 is 37.2. The molecule has 16 atom stereocenters. The Kier molecular flexibility index (Phi) is 26.4. The van der Waals surface area contributed by atoms with Gasteiger partial charge in [-0.2, -0.15) is 0 Å². The third-order valence-electron chi connectivity index (χ3n) is 24.0. The fourth-order valence-corrected chi connectivity index (χ4v) is 19.2. The number of hydrogen-bond acceptors (Lipinski definition) is 24. The van der Waals surface area contributed by atoms with Crippen molar-refractivity contribution in [2.75, 3.05) is 78.2 Å². The molecule has 8 N–H and O–H groups in total. The van der Waals surface area contributed by atoms with Gasteiger partial charge >= 0.3 is 24.1 Å². The Bertz CT molecular complexity index is 4860. The summed E-state index contributed by atoms with van der Waals surface area (Å²) in [5, 5.41) is 45.2. The van der Waals surface area contributed by atoms with E-state index in [9.17, 15) is 48.6 Å². The number of aliphatic carboxylic acids is 2. The van der Waals surface area contributed by atoms with E-state index < -0.39 is 112 Å². The Balaban J connectivity index is 0.000000207. The second-order valence-electron chi connectivity index (χ2n) is 36.8. The molecule has 4 unspecified atom stereocenters. The van der Waals surface area contributed by atoms with Crippen molar-refractivity contribution in [2.45, 2.75) is 219 Å². The largest absolute Gasteiger partial charge is 0.491 e. The third-order valence-corrected chi connectivity index (χ3v) is 26.3. The Labute approximate surface area is 718 Å². The van der Waals surface area contributed by atoms with Gasteiger partial charge in [-0.1, -0.05) is 84.2 Å². The number of anilines is 2. The fraction of sp³-hybridized carbons (Fsp3) is 0.605. The van der Waals surface area contributed by atoms with Crippen LogP contribution in [-0.4, -0.2) is 237 Å². The molecule has 650 valence electrons. The van der Waals surface area contributed by atoms with E-state index in [1.165, 1.54) is 51.4 Å². The first-order valence-electron chi connectivity index (χ1n) is 41.6. The molecule has 6 aromatic rings. The highest BCUT2D eigenvalue weighted by Crippen LogP contribution is 2.54. The minimum atomic E-state index is -1.53. The van der Waals surface area contributed by atoms with Crippen LogP contribution < -0.4 is 50.8 Å². The molecule has 6 saturated carbocycles. The molecule has 14 rings (SSSR count). The van der Waals surface area contributed by atoms with Gasteiger partial charge in [-0.25, -0.2) is 39.1 Å². The molecule has 6 amide bonds. The van der Waals surface area contributed by atoms with Gasteiger partial charge in [0.25, 0.3) is 0 Å². The molecule has 2 aliphatic heterocycles. The van der Waals surface area contributed by atoms with Crippen molar-refractivity contribution in [3.8, 4) is 45.8 Å². The third kappa shape index (κ3) is 20.1. The lowest BCUT2D eigenvalue weighted by Crippen LogP contribution is -2.59. The summed E-state index contributed by atoms with van der Waals surface area (Å²) in [6, 6.07) is 6.63. The summed E-state index contributed by atoms with van der Waals surface area (Å²) >= 11 is 16.9. The molecule has 2 saturated heterocycles. The van der Waals surface area contributed by atoms with Crippen molar-refractivity contribution in [1.82, 2.24) is 60.8 Å². The van der Waals surface area contributed by atoms with Crippen molar-refractivity contribution in [3.05, 3.63) is 69.9 Å². The zero-order chi connectivity index (χ0) is 86.5. The number of likely N-dealkylation sites (N-methyl/N-ethyl adjacent to an activating group) is 2. The summed E-state index contributed by atoms with van der Waals surface area (Å²) in [5.41, 5.74) is -1.51. The van der Waals surface area contributed by atoms with Gasteiger partial charge < -0.3 is 90.1 Å². The van der Waals surface area contributed by atoms with Gasteiger partial charge in [0.05, 0.1) is 35.5 Å². The lowest BCUT2D eigenvalue weighted by molar-refractivity contribution is -0.146. The van der Waals surface area contributed by atoms with E-state index in [0.29, 0.717) is 141 Å². The minimum Gasteiger partial charge on any atom is -0.491 e. The first-order valence-corrected chi connectivity index (χ1v) is 44.1. The van der Waals surface area contributed by atoms with E-state index in [1.807, 2.05) is 137 Å². The van der Waals surface area contributed by atoms with Gasteiger partial charge in [-0.05, 0) is 172 Å². The van der Waals surface area contributed by atoms with Crippen LogP contribution >= 0.6 is 45.9 Å². The molecular weight excluding hydrogens is 1620 g/mol. The Morgan fingerprint density at radius 1 is 0.567 bits per heavy atom. The molecule has 8 aliphatic rings. The molecule has 120 heavy (non-hydrogen) atoms. The Morgan fingerprint density at radius 2 is 0.967 bits per heavy atom. The Hall–Kier alpha value is -9.08. The number of ether oxygens (including phenoxy) is 6. The highest BCUT2D eigenvalue weighted by atomic mass is 35.5. The smallest absolute Gasteiger partial charge is 0.408 e. The Morgan fingerprint density at radius 3 is 1.31 bits per heavy atom. The number of hydrogen-bond donors (Lipinski definition) is 8. The number of carboxylic acids is 2. The number of benzene rings is 2. The van der Waals surface area contributed by atoms with E-state index in [4.69, 9.17) is 71.6 Å². The number of fused-ring (bicyclic) bond motifs is 4. The van der Waals surface area contributed by atoms with Crippen LogP contribution in [0.15, 0.2) is 59.8 Å². The number of halogens is 2. The standard InChI is InChI=1S/C43H58ClN7O8S.C43H56ClN7O8S/c2*1-9-25-19-43(25,39(54)55)49-37(52)31-17-27(20-51(31)38(53)36(42(4,5)6)48-41(56)59-26-15-23-14-24(23)16-26)58-33-18-29(30-21-60-40(47-30)45-22(2)3)46-35-28(33)10-11-32(34(35)44)57-13-12-50(7)8/h10-11,18,21-27,31,36H,9,12-17,19-20H2,1-8H3,(H,45,47)(H,48,56)(H,49,52)(H,54,55);9-11,18,21-27,31,36H,1,12-17,19-20H2,2-8H3,(H,45,47)(H,48,56)(H,49,52)(H,54,55)/t2*23-,24+,25-,26?,27-,31+,36-,43?/m11/s1. The van der Waals surface area contributed by atoms with E-state index in [1.54, 1.807) is 24.3 Å². The van der Waals surface area contributed by atoms with Crippen molar-refractivity contribution >= 4 is 126 Å². The predicted octanol–water partition coefficient (Wildman–Crippen LogP) is 12.6. The molecule has 6 heterocycles. The van der Waals surface area contributed by atoms with Crippen LogP contribution in [0.25, 0.3) is 44.6 Å². The number of aromatic nitrogens is 4. The number of alkyl carbamates (subject to hydrolysis) is 2. The maximum absolute atomic E-state index is 14.8. The number of nitrogens with one attached hydrogen (secondary N) is 6. The minimum absolute atomic E-state index is 0.0238. The van der Waals surface area contributed by atoms with Gasteiger partial charge in [-0.15, -0.1) is 29.3 Å². The normalized spacial score (nSPS) is 26.1. The zero-order valence-corrected chi connectivity index (χ0v) is 74.1. The van der Waals surface area contributed by atoms with Crippen LogP contribution in [0.5, 0.6) is 23.0 Å². The first-order chi connectivity index (χ1) is 56.7. The summed E-state index contributed by atoms with van der Waals surface area (Å²) in [4.78, 5) is 136. The first kappa shape index (κ1) is 88.7. The molecular formula is C86H114Cl2N14O16S2. The number of carbonyl (C=O) groups excluding carboxylic acids is 6. The molecule has 0 spiro atoms. The highest BCUT2D eigenvalue weighted by molar-refractivity contribution is 7.14. The maximum atomic E-state index is 14.8. The van der Waals surface area contributed by atoms with Crippen molar-refractivity contribution in [1.29, 1.82) is 0 Å². The quantitative estimate of drug-likeness (QED) is 0.0182. The molecule has 4 aromatic heterocycles. The van der Waals surface area contributed by atoms with Crippen LogP contribution in [0.1, 0.15) is 147 Å². The van der Waals surface area contributed by atoms with Gasteiger partial charge in [0.2, 0.25) is 23.6 Å². The van der Waals surface area contributed by atoms with Crippen molar-refractivity contribution in [3.63, 3.8) is 0 Å². The van der Waals surface area contributed by atoms with Gasteiger partial charge in [-0.3, -0.25) is 19.2 Å². The molecule has 0 radical (unpaired) electrons. The number of amides is 6. The number of pyridine rings is 2. The molecule has 34 heteroatoms. The molecule has 6 aliphatic carbocycles. The lowest BCUT2D eigenvalue weighted by atomic mass is 9.85. The van der Waals surface area contributed by atoms with Gasteiger partial charge in [0.1, 0.15) is 117 Å². The van der Waals surface area contributed by atoms with Crippen LogP contribution in [-0.2, 0) is 38.2 Å². The monoisotopic (exact) mass is 1730 g/mol. The van der Waals surface area contributed by atoms with Crippen LogP contribution in [0.4, 0.5) is 19.9 Å². The van der Waals surface area contributed by atoms with Crippen LogP contribution in [0.2, 0.25) is 10.0 Å². The SMILES string of the molecule is C=C[C@@H]1CC1(NC(=O)[C@@H]1C[C@@H](Oc2cc(-c3csc(NC(C)C)n3)nc3c(Cl)c(OCCN(C)C)ccc23)CN1C(=O)[C@@H](NC(=O)OC1C[C@@H]2C[C@@H]2C1)C(C)(C)C)C(=O)O.CC[C@@H]1CC1(NC(=O)[C@@H]1C[C@@H](Oc2cc(-c3csc(NC(C)C)n3)nc3c(Cl)c(OCCN(C)C)ccc23)CN1C(=O)[C@@H](NC(=O)OC1C[C@@H]2C[C@@H]2C1)C(C)(C)C)C(=O)O. The topological polar surface area (TPSA) is 369 Å². The van der Waals surface area contributed by atoms with E-state index in [2.05, 4.69) is 38.5 Å². The number of nitrogens with zero attached hydrogens (tertiary/aromatic N) is 8. The summed E-state index contributed by atoms with van der Waals surface area (Å²) in [6.07, 6.45) is 5.01. The second kappa shape index (κ2) is 35.8. The maximum Gasteiger partial charge on any atom is 0.408 e. The molecule has 30 nitrogen and oxygen atoms in total. The number of carbonyl (C=O) groups is 8. The molecule has 0 bridgehead atoms. The second-order valence-corrected chi connectivity index (χ2v) is 39.3. The van der Waals surface area contributed by atoms with Crippen LogP contribution in [0, 0.1) is 46.3 Å². The van der Waals surface area contributed by atoms with Crippen LogP contribution in [0.3, 0.4) is 0 Å². The van der Waals surface area contributed by atoms with Crippen molar-refractivity contribution in [2.24, 2.45) is 46.3 Å². The summed E-state index contributed by atoms with van der Waals surface area (Å²) in [5.74, 6) is -1.15. The van der Waals surface area contributed by atoms with E-state index in [-0.39, 0.29) is 67.6 Å². The average molecular weight is 1730 g/mol. The number of thiazole rings is 2. The number of rotatable bonds is 32. The predicted molar refractivity (Wildman–Crippen MR) is 459 cm³/mol. The number of likely N-dealkylation sites (tertiary alicyclic amines) is 2. The summed E-state index contributed by atoms with van der Waals surface area (Å²) in [7, 11) is 7.81. The van der Waals surface area contributed by atoms with Gasteiger partial charge in [0.15, 0.2) is 10.3 Å². The summed E-state index contributed by atoms with van der Waals surface area (Å²) in [6.45, 7) is 26.8. The average Bonchev–Trinajstić information content (AvgIpc) is 1.67. The van der Waals surface area contributed by atoms with Gasteiger partial charge in [0, 0.05) is 77.6 Å². The zero-order valence-electron chi connectivity index (χ0n) is 70.9. The fourth-order valence-electron chi connectivity index (χ4n) is 17.0. The lowest BCUT2D eigenvalue weighted by Gasteiger charge is -2.35. The number of carboxylic acid groups (broad SMARTS) is 2. The van der Waals surface area contributed by atoms with E-state index in [0.717, 1.165) is 30.8 Å². The molecule has 2 aromatic carbocycles. The van der Waals surface area contributed by atoms with E-state index >= 15 is 0 Å². The highest BCUT2D eigenvalue weighted by Gasteiger charge is 2.63. The van der Waals surface area contributed by atoms with Crippen molar-refractivity contribution < 1.29 is 77.0 Å². The molecule has 8 fully saturated rings.